The van der Waals surface area contributed by atoms with Gasteiger partial charge in [-0.2, -0.15) is 0 Å². The number of amides is 11. The van der Waals surface area contributed by atoms with E-state index in [1.165, 1.54) is 38.1 Å². The summed E-state index contributed by atoms with van der Waals surface area (Å²) in [7, 11) is 0. The highest BCUT2D eigenvalue weighted by Crippen LogP contribution is 2.25. The predicted octanol–water partition coefficient (Wildman–Crippen LogP) is -3.94. The van der Waals surface area contributed by atoms with Crippen LogP contribution in [-0.2, 0) is 52.7 Å². The van der Waals surface area contributed by atoms with Gasteiger partial charge < -0.3 is 96.1 Å². The Bertz CT molecular complexity index is 2590. The van der Waals surface area contributed by atoms with Crippen LogP contribution in [0, 0.1) is 28.6 Å². The fourth-order valence-electron chi connectivity index (χ4n) is 9.41. The quantitative estimate of drug-likeness (QED) is 0.0337. The molecule has 1 heterocycles. The van der Waals surface area contributed by atoms with Crippen LogP contribution in [0.2, 0.25) is 0 Å². The fraction of sp³-hybridized carbons (Fsp3) is 0.695. The van der Waals surface area contributed by atoms with Crippen molar-refractivity contribution < 1.29 is 73.2 Å². The summed E-state index contributed by atoms with van der Waals surface area (Å²) < 4.78 is 0. The fourth-order valence-corrected chi connectivity index (χ4v) is 9.41. The predicted molar refractivity (Wildman–Crippen MR) is 329 cm³/mol. The van der Waals surface area contributed by atoms with Gasteiger partial charge in [-0.3, -0.25) is 57.7 Å². The lowest BCUT2D eigenvalue weighted by atomic mass is 9.86. The van der Waals surface area contributed by atoms with Crippen LogP contribution in [0.5, 0.6) is 0 Å². The molecule has 30 nitrogen and oxygen atoms in total. The molecule has 14 atom stereocenters. The molecule has 11 amide bonds. The number of rotatable bonds is 20. The number of aliphatic hydroxyl groups excluding tert-OH is 4. The minimum Gasteiger partial charge on any atom is -0.394 e. The minimum atomic E-state index is -2.03. The first kappa shape index (κ1) is 77.6. The van der Waals surface area contributed by atoms with E-state index in [1.54, 1.807) is 54.5 Å². The van der Waals surface area contributed by atoms with Gasteiger partial charge in [-0.15, -0.1) is 0 Å². The molecule has 2 rings (SSSR count). The van der Waals surface area contributed by atoms with Gasteiger partial charge in [0.25, 0.3) is 0 Å². The molecule has 1 saturated heterocycles. The maximum atomic E-state index is 15.4. The van der Waals surface area contributed by atoms with E-state index in [0.29, 0.717) is 0 Å². The Labute approximate surface area is 521 Å². The van der Waals surface area contributed by atoms with E-state index in [-0.39, 0.29) is 62.5 Å². The Kier molecular flexibility index (Phi) is 31.5. The highest BCUT2D eigenvalue weighted by atomic mass is 16.3. The van der Waals surface area contributed by atoms with E-state index in [9.17, 15) is 68.4 Å². The van der Waals surface area contributed by atoms with Crippen molar-refractivity contribution >= 4 is 70.9 Å². The summed E-state index contributed by atoms with van der Waals surface area (Å²) in [5.74, 6) is -13.7. The molecule has 0 unspecified atom stereocenters. The third-order valence-electron chi connectivity index (χ3n) is 14.4. The van der Waals surface area contributed by atoms with E-state index in [0.717, 1.165) is 6.92 Å². The molecule has 89 heavy (non-hydrogen) atoms. The standard InChI is InChI=1S/C59H101N15O15/c1-14-31(6)41-54(87)71-42(32(7)77)53(86)64-26-40(78)65-38(27-75)51(84)69-39(28-76)52(85)72-43(33-19-16-15-17-20-33)44(73-50(83)37(25-59(11,12)13)68-47(80)34(60)24-58(8,9)10)55(88)74-45(46(79)30(4)5)56(89)67-36(23-29(2)3)49(82)66-35(48(81)70-41)21-18-22-63-57(61)62/h15-17,19-20,29-32,34-39,41-46,75-77,79H,14,18,21-28,60H2,1-13H3,(H,64,86)(H,65,78)(H,66,82)(H,67,89)(H,68,80)(H,69,84)(H,70,81)(H,71,87)(H,72,85)(H,73,83)(H,74,88)(H4,61,62,63)/t31-,32-,34+,35+,36-,37-,38-,39-,41-,42-,43+,44-,45-,46+/m0/s1. The van der Waals surface area contributed by atoms with Gasteiger partial charge in [0, 0.05) is 6.54 Å². The minimum absolute atomic E-state index is 0.0231. The smallest absolute Gasteiger partial charge is 0.245 e. The third kappa shape index (κ3) is 26.6. The second-order valence-electron chi connectivity index (χ2n) is 25.9. The van der Waals surface area contributed by atoms with Crippen LogP contribution < -0.4 is 75.7 Å². The van der Waals surface area contributed by atoms with Crippen molar-refractivity contribution in [2.45, 2.75) is 207 Å². The van der Waals surface area contributed by atoms with Crippen LogP contribution in [0.1, 0.15) is 140 Å². The number of carbonyl (C=O) groups excluding carboxylic acids is 11. The number of guanidine groups is 1. The van der Waals surface area contributed by atoms with Crippen LogP contribution in [0.4, 0.5) is 0 Å². The van der Waals surface area contributed by atoms with Crippen molar-refractivity contribution in [3.8, 4) is 0 Å². The first-order valence-corrected chi connectivity index (χ1v) is 30.1. The number of nitrogens with zero attached hydrogens (tertiary/aromatic N) is 1. The Hall–Kier alpha value is -7.54. The van der Waals surface area contributed by atoms with E-state index >= 15 is 4.79 Å². The van der Waals surface area contributed by atoms with E-state index in [2.05, 4.69) is 63.5 Å². The number of aliphatic hydroxyl groups is 4. The highest BCUT2D eigenvalue weighted by molar-refractivity contribution is 6.00. The molecule has 0 saturated carbocycles. The molecule has 0 aromatic heterocycles. The molecular formula is C59H101N15O15. The van der Waals surface area contributed by atoms with Gasteiger partial charge in [-0.05, 0) is 73.2 Å². The average Bonchev–Trinajstić information content (AvgIpc) is 1.77. The number of hydrogen-bond acceptors (Lipinski definition) is 17. The number of benzene rings is 1. The van der Waals surface area contributed by atoms with E-state index in [4.69, 9.17) is 17.2 Å². The molecule has 1 aliphatic heterocycles. The van der Waals surface area contributed by atoms with Crippen molar-refractivity contribution in [2.75, 3.05) is 26.3 Å². The van der Waals surface area contributed by atoms with Gasteiger partial charge in [0.15, 0.2) is 5.96 Å². The Balaban J connectivity index is 3.09. The van der Waals surface area contributed by atoms with Gasteiger partial charge in [0.2, 0.25) is 65.0 Å². The van der Waals surface area contributed by atoms with E-state index < -0.39 is 186 Å². The van der Waals surface area contributed by atoms with Crippen molar-refractivity contribution in [2.24, 2.45) is 50.8 Å². The normalized spacial score (nSPS) is 24.8. The summed E-state index contributed by atoms with van der Waals surface area (Å²) in [6.07, 6.45) is -3.16. The van der Waals surface area contributed by atoms with Crippen LogP contribution >= 0.6 is 0 Å². The molecule has 0 aliphatic carbocycles. The van der Waals surface area contributed by atoms with Crippen LogP contribution in [0.3, 0.4) is 0 Å². The zero-order valence-corrected chi connectivity index (χ0v) is 53.7. The summed E-state index contributed by atoms with van der Waals surface area (Å²) >= 11 is 0. The molecular weight excluding hydrogens is 1160 g/mol. The van der Waals surface area contributed by atoms with E-state index in [1.807, 2.05) is 20.8 Å². The Morgan fingerprint density at radius 2 is 1.13 bits per heavy atom. The molecule has 1 aromatic carbocycles. The molecule has 1 aliphatic rings. The van der Waals surface area contributed by atoms with Crippen molar-refractivity contribution in [3.05, 3.63) is 35.9 Å². The summed E-state index contributed by atoms with van der Waals surface area (Å²) in [4.78, 5) is 161. The Morgan fingerprint density at radius 3 is 1.66 bits per heavy atom. The van der Waals surface area contributed by atoms with Gasteiger partial charge >= 0.3 is 0 Å². The number of hydrogen-bond donors (Lipinski definition) is 18. The number of carbonyl (C=O) groups is 11. The first-order chi connectivity index (χ1) is 41.3. The maximum Gasteiger partial charge on any atom is 0.245 e. The van der Waals surface area contributed by atoms with Gasteiger partial charge in [0.05, 0.1) is 44.1 Å². The van der Waals surface area contributed by atoms with Gasteiger partial charge in [0.1, 0.15) is 54.4 Å². The monoisotopic (exact) mass is 1260 g/mol. The summed E-state index contributed by atoms with van der Waals surface area (Å²) in [5, 5.41) is 71.0. The Morgan fingerprint density at radius 1 is 0.629 bits per heavy atom. The highest BCUT2D eigenvalue weighted by Gasteiger charge is 2.42. The molecule has 1 aromatic rings. The lowest BCUT2D eigenvalue weighted by Gasteiger charge is -2.35. The molecule has 0 radical (unpaired) electrons. The number of nitrogens with two attached hydrogens (primary N) is 3. The summed E-state index contributed by atoms with van der Waals surface area (Å²) in [5.41, 5.74) is 16.4. The maximum absolute atomic E-state index is 15.4. The zero-order valence-electron chi connectivity index (χ0n) is 53.7. The molecule has 0 bridgehead atoms. The van der Waals surface area contributed by atoms with Crippen LogP contribution in [0.15, 0.2) is 35.3 Å². The lowest BCUT2D eigenvalue weighted by molar-refractivity contribution is -0.139. The summed E-state index contributed by atoms with van der Waals surface area (Å²) in [6, 6.07) is -10.7. The lowest BCUT2D eigenvalue weighted by Crippen LogP contribution is -2.65. The first-order valence-electron chi connectivity index (χ1n) is 30.1. The largest absolute Gasteiger partial charge is 0.394 e. The number of aliphatic imine (C=N–C) groups is 1. The molecule has 1 fully saturated rings. The molecule has 30 heteroatoms. The van der Waals surface area contributed by atoms with Gasteiger partial charge in [-0.25, -0.2) is 0 Å². The molecule has 502 valence electrons. The second kappa shape index (κ2) is 36.2. The third-order valence-corrected chi connectivity index (χ3v) is 14.4. The van der Waals surface area contributed by atoms with Crippen LogP contribution in [-0.4, -0.2) is 190 Å². The van der Waals surface area contributed by atoms with Crippen molar-refractivity contribution in [3.63, 3.8) is 0 Å². The zero-order chi connectivity index (χ0) is 67.8. The van der Waals surface area contributed by atoms with Crippen LogP contribution in [0.25, 0.3) is 0 Å². The second-order valence-corrected chi connectivity index (χ2v) is 25.9. The average molecular weight is 1260 g/mol. The van der Waals surface area contributed by atoms with Crippen molar-refractivity contribution in [1.82, 2.24) is 58.5 Å². The topological polar surface area (TPSA) is 491 Å². The summed E-state index contributed by atoms with van der Waals surface area (Å²) in [6.45, 7) is 18.7. The molecule has 21 N–H and O–H groups in total. The van der Waals surface area contributed by atoms with Gasteiger partial charge in [-0.1, -0.05) is 120 Å². The number of nitrogens with one attached hydrogen (secondary N) is 11. The molecule has 0 spiro atoms. The van der Waals surface area contributed by atoms with Crippen molar-refractivity contribution in [1.29, 1.82) is 0 Å². The SMILES string of the molecule is CC[C@H](C)[C@@H]1NC(=O)[C@@H](CCCN=C(N)N)NC(=O)[C@H](CC(C)C)NC(=O)[C@H]([C@H](O)C(C)C)NC(=O)[C@@H](NC(=O)[C@H](CC(C)(C)C)NC(=O)[C@H](N)CC(C)(C)C)[C@@H](c2ccccc2)NC(=O)[C@H](CO)NC(=O)[C@H](CO)NC(=O)CNC(=O)[C@H]([C@H](C)O)NC1=O.